The van der Waals surface area contributed by atoms with Gasteiger partial charge in [-0.05, 0) is 48.0 Å². The van der Waals surface area contributed by atoms with Crippen LogP contribution in [0.5, 0.6) is 11.5 Å². The Morgan fingerprint density at radius 1 is 1.16 bits per heavy atom. The minimum absolute atomic E-state index is 0.128. The molecule has 0 fully saturated rings. The molecule has 0 unspecified atom stereocenters. The van der Waals surface area contributed by atoms with Crippen molar-refractivity contribution in [2.75, 3.05) is 12.4 Å². The lowest BCUT2D eigenvalue weighted by molar-refractivity contribution is -0.112. The number of ether oxygens (including phenoxy) is 2. The molecule has 0 heterocycles. The van der Waals surface area contributed by atoms with Crippen LogP contribution in [0, 0.1) is 17.1 Å². The van der Waals surface area contributed by atoms with Crippen molar-refractivity contribution in [2.24, 2.45) is 0 Å². The molecule has 7 heteroatoms. The van der Waals surface area contributed by atoms with Crippen LogP contribution in [0.25, 0.3) is 6.08 Å². The van der Waals surface area contributed by atoms with Gasteiger partial charge in [0, 0.05) is 11.6 Å². The molecule has 0 spiro atoms. The highest BCUT2D eigenvalue weighted by Gasteiger charge is 2.13. The standard InChI is InChI=1S/C24H18ClFN2O3/c1-30-20-11-8-17(23(13-20)31-15-16-6-9-19(26)10-7-16)12-18(14-27)24(29)28-22-5-3-2-4-21(22)25/h2-13H,15H2,1H3,(H,28,29)/b18-12+. The Morgan fingerprint density at radius 3 is 2.58 bits per heavy atom. The number of halogens is 2. The van der Waals surface area contributed by atoms with Gasteiger partial charge in [0.05, 0.1) is 17.8 Å². The van der Waals surface area contributed by atoms with E-state index >= 15 is 0 Å². The Kier molecular flexibility index (Phi) is 7.26. The normalized spacial score (nSPS) is 10.8. The van der Waals surface area contributed by atoms with Crippen molar-refractivity contribution >= 4 is 29.3 Å². The number of methoxy groups -OCH3 is 1. The van der Waals surface area contributed by atoms with E-state index in [0.717, 1.165) is 5.56 Å². The Morgan fingerprint density at radius 2 is 1.90 bits per heavy atom. The number of nitriles is 1. The van der Waals surface area contributed by atoms with E-state index in [1.165, 1.54) is 25.3 Å². The zero-order valence-electron chi connectivity index (χ0n) is 16.6. The third-order valence-electron chi connectivity index (χ3n) is 4.32. The summed E-state index contributed by atoms with van der Waals surface area (Å²) in [5.74, 6) is 0.0140. The second kappa shape index (κ2) is 10.3. The summed E-state index contributed by atoms with van der Waals surface area (Å²) >= 11 is 6.07. The van der Waals surface area contributed by atoms with E-state index in [4.69, 9.17) is 21.1 Å². The van der Waals surface area contributed by atoms with E-state index in [0.29, 0.717) is 27.8 Å². The first-order valence-corrected chi connectivity index (χ1v) is 9.61. The number of para-hydroxylation sites is 1. The van der Waals surface area contributed by atoms with Crippen LogP contribution >= 0.6 is 11.6 Å². The van der Waals surface area contributed by atoms with Crippen molar-refractivity contribution in [1.29, 1.82) is 5.26 Å². The highest BCUT2D eigenvalue weighted by Crippen LogP contribution is 2.28. The molecule has 0 aliphatic heterocycles. The second-order valence-electron chi connectivity index (χ2n) is 6.42. The molecule has 0 bridgehead atoms. The van der Waals surface area contributed by atoms with E-state index in [1.54, 1.807) is 54.6 Å². The van der Waals surface area contributed by atoms with Crippen LogP contribution in [0.2, 0.25) is 5.02 Å². The van der Waals surface area contributed by atoms with Crippen molar-refractivity contribution < 1.29 is 18.7 Å². The molecule has 1 N–H and O–H groups in total. The predicted octanol–water partition coefficient (Wildman–Crippen LogP) is 5.61. The van der Waals surface area contributed by atoms with Crippen LogP contribution in [0.15, 0.2) is 72.3 Å². The van der Waals surface area contributed by atoms with E-state index in [1.807, 2.05) is 6.07 Å². The molecule has 0 aromatic heterocycles. The number of anilines is 1. The van der Waals surface area contributed by atoms with E-state index in [-0.39, 0.29) is 18.0 Å². The van der Waals surface area contributed by atoms with Crippen LogP contribution in [-0.2, 0) is 11.4 Å². The number of amides is 1. The molecule has 3 rings (SSSR count). The van der Waals surface area contributed by atoms with Gasteiger partial charge in [-0.2, -0.15) is 5.26 Å². The summed E-state index contributed by atoms with van der Waals surface area (Å²) in [5, 5.41) is 12.5. The quantitative estimate of drug-likeness (QED) is 0.386. The van der Waals surface area contributed by atoms with Gasteiger partial charge < -0.3 is 14.8 Å². The van der Waals surface area contributed by atoms with Gasteiger partial charge in [-0.1, -0.05) is 35.9 Å². The lowest BCUT2D eigenvalue weighted by Crippen LogP contribution is -2.13. The molecule has 3 aromatic rings. The van der Waals surface area contributed by atoms with Gasteiger partial charge in [-0.3, -0.25) is 4.79 Å². The van der Waals surface area contributed by atoms with Gasteiger partial charge in [0.2, 0.25) is 0 Å². The molecule has 3 aromatic carbocycles. The highest BCUT2D eigenvalue weighted by atomic mass is 35.5. The zero-order valence-corrected chi connectivity index (χ0v) is 17.3. The van der Waals surface area contributed by atoms with Crippen LogP contribution in [0.3, 0.4) is 0 Å². The molecular weight excluding hydrogens is 419 g/mol. The van der Waals surface area contributed by atoms with Crippen molar-refractivity contribution in [3.63, 3.8) is 0 Å². The van der Waals surface area contributed by atoms with Crippen LogP contribution in [0.4, 0.5) is 10.1 Å². The number of nitrogens with one attached hydrogen (secondary N) is 1. The summed E-state index contributed by atoms with van der Waals surface area (Å²) in [4.78, 5) is 12.6. The van der Waals surface area contributed by atoms with Crippen LogP contribution < -0.4 is 14.8 Å². The largest absolute Gasteiger partial charge is 0.497 e. The maximum atomic E-state index is 13.1. The smallest absolute Gasteiger partial charge is 0.266 e. The lowest BCUT2D eigenvalue weighted by atomic mass is 10.1. The molecule has 5 nitrogen and oxygen atoms in total. The summed E-state index contributed by atoms with van der Waals surface area (Å²) < 4.78 is 24.2. The average molecular weight is 437 g/mol. The highest BCUT2D eigenvalue weighted by molar-refractivity contribution is 6.34. The van der Waals surface area contributed by atoms with Gasteiger partial charge in [0.1, 0.15) is 35.6 Å². The number of carbonyl (C=O) groups is 1. The van der Waals surface area contributed by atoms with Gasteiger partial charge in [-0.25, -0.2) is 4.39 Å². The number of hydrogen-bond acceptors (Lipinski definition) is 4. The SMILES string of the molecule is COc1ccc(/C=C(\C#N)C(=O)Nc2ccccc2Cl)c(OCc2ccc(F)cc2)c1. The van der Waals surface area contributed by atoms with Crippen molar-refractivity contribution in [3.8, 4) is 17.6 Å². The zero-order chi connectivity index (χ0) is 22.2. The fourth-order valence-electron chi connectivity index (χ4n) is 2.68. The Balaban J connectivity index is 1.86. The number of rotatable bonds is 7. The summed E-state index contributed by atoms with van der Waals surface area (Å²) in [5.41, 5.74) is 1.54. The molecule has 0 radical (unpaired) electrons. The Labute approximate surface area is 184 Å². The predicted molar refractivity (Wildman–Crippen MR) is 117 cm³/mol. The molecule has 156 valence electrons. The van der Waals surface area contributed by atoms with Crippen LogP contribution in [-0.4, -0.2) is 13.0 Å². The molecule has 0 aliphatic rings. The van der Waals surface area contributed by atoms with Gasteiger partial charge in [-0.15, -0.1) is 0 Å². The topological polar surface area (TPSA) is 71.3 Å². The van der Waals surface area contributed by atoms with Crippen molar-refractivity contribution in [2.45, 2.75) is 6.61 Å². The third kappa shape index (κ3) is 5.84. The Bertz CT molecular complexity index is 1150. The summed E-state index contributed by atoms with van der Waals surface area (Å²) in [7, 11) is 1.52. The average Bonchev–Trinajstić information content (AvgIpc) is 2.79. The summed E-state index contributed by atoms with van der Waals surface area (Å²) in [6, 6.07) is 19.6. The fraction of sp³-hybridized carbons (Fsp3) is 0.0833. The maximum absolute atomic E-state index is 13.1. The molecule has 31 heavy (non-hydrogen) atoms. The minimum Gasteiger partial charge on any atom is -0.497 e. The van der Waals surface area contributed by atoms with Gasteiger partial charge >= 0.3 is 0 Å². The molecule has 1 amide bonds. The molecular formula is C24H18ClFN2O3. The lowest BCUT2D eigenvalue weighted by Gasteiger charge is -2.12. The summed E-state index contributed by atoms with van der Waals surface area (Å²) in [6.07, 6.45) is 1.42. The maximum Gasteiger partial charge on any atom is 0.266 e. The summed E-state index contributed by atoms with van der Waals surface area (Å²) in [6.45, 7) is 0.169. The van der Waals surface area contributed by atoms with Gasteiger partial charge in [0.15, 0.2) is 0 Å². The van der Waals surface area contributed by atoms with E-state index in [2.05, 4.69) is 5.32 Å². The molecule has 0 atom stereocenters. The van der Waals surface area contributed by atoms with Crippen molar-refractivity contribution in [1.82, 2.24) is 0 Å². The molecule has 0 saturated heterocycles. The van der Waals surface area contributed by atoms with Gasteiger partial charge in [0.25, 0.3) is 5.91 Å². The second-order valence-corrected chi connectivity index (χ2v) is 6.83. The van der Waals surface area contributed by atoms with Crippen LogP contribution in [0.1, 0.15) is 11.1 Å². The first-order chi connectivity index (χ1) is 15.0. The first-order valence-electron chi connectivity index (χ1n) is 9.23. The monoisotopic (exact) mass is 436 g/mol. The first kappa shape index (κ1) is 21.9. The molecule has 0 aliphatic carbocycles. The molecule has 0 saturated carbocycles. The van der Waals surface area contributed by atoms with E-state index < -0.39 is 5.91 Å². The van der Waals surface area contributed by atoms with E-state index in [9.17, 15) is 14.4 Å². The third-order valence-corrected chi connectivity index (χ3v) is 4.64. The number of carbonyl (C=O) groups excluding carboxylic acids is 1. The number of benzene rings is 3. The van der Waals surface area contributed by atoms with Crippen molar-refractivity contribution in [3.05, 3.63) is 94.3 Å². The minimum atomic E-state index is -0.601. The number of hydrogen-bond donors (Lipinski definition) is 1. The fourth-order valence-corrected chi connectivity index (χ4v) is 2.87. The Hall–Kier alpha value is -3.82. The number of nitrogens with zero attached hydrogens (tertiary/aromatic N) is 1.